The number of aromatic nitrogens is 1. The van der Waals surface area contributed by atoms with Crippen molar-refractivity contribution >= 4 is 42.2 Å². The number of carboxylic acid groups (broad SMARTS) is 1. The van der Waals surface area contributed by atoms with Gasteiger partial charge in [0.25, 0.3) is 0 Å². The molecule has 3 heterocycles. The van der Waals surface area contributed by atoms with Crippen LogP contribution in [0.1, 0.15) is 42.1 Å². The number of carbonyl (C=O) groups is 2. The first-order chi connectivity index (χ1) is 21.8. The fourth-order valence-electron chi connectivity index (χ4n) is 5.89. The van der Waals surface area contributed by atoms with Crippen LogP contribution < -0.4 is 20.0 Å². The molecule has 4 N–H and O–H groups in total. The van der Waals surface area contributed by atoms with Crippen molar-refractivity contribution in [3.05, 3.63) is 63.9 Å². The minimum absolute atomic E-state index is 0.0184. The first-order valence-corrected chi connectivity index (χ1v) is 15.9. The predicted octanol–water partition coefficient (Wildman–Crippen LogP) is 3.16. The summed E-state index contributed by atoms with van der Waals surface area (Å²) in [5.41, 5.74) is -2.21. The molecule has 246 valence electrons. The highest BCUT2D eigenvalue weighted by molar-refractivity contribution is 7.46. The second kappa shape index (κ2) is 11.9. The third kappa shape index (κ3) is 6.31. The number of hydrogen-bond donors (Lipinski definition) is 4. The number of carbonyl (C=O) groups excluding carboxylic acids is 1. The summed E-state index contributed by atoms with van der Waals surface area (Å²) in [4.78, 5) is 58.6. The van der Waals surface area contributed by atoms with Crippen LogP contribution in [0.3, 0.4) is 0 Å². The first kappa shape index (κ1) is 31.9. The zero-order chi connectivity index (χ0) is 33.0. The number of carboxylic acids is 1. The molecule has 0 radical (unpaired) electrons. The van der Waals surface area contributed by atoms with Crippen molar-refractivity contribution < 1.29 is 56.9 Å². The van der Waals surface area contributed by atoms with Crippen LogP contribution >= 0.6 is 7.82 Å². The van der Waals surface area contributed by atoms with Gasteiger partial charge in [-0.1, -0.05) is 0 Å². The molecule has 1 aromatic heterocycles. The molecule has 3 fully saturated rings. The van der Waals surface area contributed by atoms with Crippen LogP contribution in [0.15, 0.2) is 41.3 Å². The lowest BCUT2D eigenvalue weighted by atomic mass is 9.92. The number of aromatic carboxylic acids is 1. The minimum Gasteiger partial charge on any atom is -0.487 e. The van der Waals surface area contributed by atoms with E-state index in [4.69, 9.17) is 14.0 Å². The number of anilines is 2. The van der Waals surface area contributed by atoms with E-state index < -0.39 is 67.4 Å². The Kier molecular flexibility index (Phi) is 8.27. The summed E-state index contributed by atoms with van der Waals surface area (Å²) in [5, 5.41) is 18.6. The van der Waals surface area contributed by atoms with Crippen LogP contribution in [0.4, 0.5) is 25.0 Å². The zero-order valence-electron chi connectivity index (χ0n) is 24.2. The maximum Gasteiger partial charge on any atom is 0.470 e. The summed E-state index contributed by atoms with van der Waals surface area (Å²) in [7, 11) is -5.06. The van der Waals surface area contributed by atoms with E-state index in [2.05, 4.69) is 0 Å². The fraction of sp³-hybridized carbons (Fsp3) is 0.414. The number of cyclic esters (lactones) is 1. The third-order valence-corrected chi connectivity index (χ3v) is 9.02. The molecular formula is C29H30F2N3O11P. The Hall–Kier alpha value is -4.08. The molecule has 1 aliphatic carbocycles. The Balaban J connectivity index is 1.22. The van der Waals surface area contributed by atoms with Crippen molar-refractivity contribution in [3.8, 4) is 5.75 Å². The normalized spacial score (nSPS) is 19.8. The van der Waals surface area contributed by atoms with Gasteiger partial charge in [0, 0.05) is 36.8 Å². The maximum atomic E-state index is 15.4. The van der Waals surface area contributed by atoms with Gasteiger partial charge in [-0.05, 0) is 49.9 Å². The second-order valence-corrected chi connectivity index (χ2v) is 12.8. The number of pyridine rings is 1. The highest BCUT2D eigenvalue weighted by Gasteiger charge is 2.43. The van der Waals surface area contributed by atoms with Gasteiger partial charge < -0.3 is 38.9 Å². The molecule has 1 amide bonds. The Morgan fingerprint density at radius 1 is 1.09 bits per heavy atom. The van der Waals surface area contributed by atoms with E-state index in [-0.39, 0.29) is 61.0 Å². The summed E-state index contributed by atoms with van der Waals surface area (Å²) in [6.45, 7) is -0.771. The van der Waals surface area contributed by atoms with Gasteiger partial charge in [0.1, 0.15) is 29.7 Å². The zero-order valence-corrected chi connectivity index (χ0v) is 25.1. The molecule has 3 aromatic rings. The minimum atomic E-state index is -5.06. The van der Waals surface area contributed by atoms with Gasteiger partial charge in [-0.2, -0.15) is 0 Å². The molecule has 1 saturated carbocycles. The molecule has 2 aromatic carbocycles. The van der Waals surface area contributed by atoms with Crippen LogP contribution in [0.5, 0.6) is 5.75 Å². The van der Waals surface area contributed by atoms with E-state index in [0.29, 0.717) is 5.52 Å². The number of phosphoric ester groups is 1. The molecular weight excluding hydrogens is 635 g/mol. The summed E-state index contributed by atoms with van der Waals surface area (Å²) < 4.78 is 59.9. The number of hydrogen-bond acceptors (Lipinski definition) is 9. The third-order valence-electron chi connectivity index (χ3n) is 8.39. The number of nitrogens with zero attached hydrogens (tertiary/aromatic N) is 3. The Labute approximate surface area is 259 Å². The van der Waals surface area contributed by atoms with Crippen molar-refractivity contribution in [1.82, 2.24) is 4.57 Å². The SMILES string of the molecule is O=C(O)c1cn(C2CC2)c2cc(N3CCC(COc4ccc(N5C[C@H](CO)OC5=O)cc4F)(OP(=O)(O)O)CC3)c(F)cc2c1=O. The molecule has 0 bridgehead atoms. The molecule has 14 nitrogen and oxygen atoms in total. The van der Waals surface area contributed by atoms with Gasteiger partial charge in [0.2, 0.25) is 5.43 Å². The van der Waals surface area contributed by atoms with Crippen molar-refractivity contribution in [1.29, 1.82) is 0 Å². The van der Waals surface area contributed by atoms with Crippen LogP contribution in [0.25, 0.3) is 10.9 Å². The molecule has 0 unspecified atom stereocenters. The van der Waals surface area contributed by atoms with E-state index >= 15 is 8.78 Å². The average molecular weight is 666 g/mol. The summed E-state index contributed by atoms with van der Waals surface area (Å²) in [6, 6.07) is 6.11. The monoisotopic (exact) mass is 665 g/mol. The van der Waals surface area contributed by atoms with Gasteiger partial charge in [0.05, 0.1) is 30.0 Å². The number of piperidine rings is 1. The van der Waals surface area contributed by atoms with Crippen molar-refractivity contribution in [2.24, 2.45) is 0 Å². The molecule has 2 saturated heterocycles. The molecule has 2 aliphatic heterocycles. The predicted molar refractivity (Wildman–Crippen MR) is 157 cm³/mol. The lowest BCUT2D eigenvalue weighted by Gasteiger charge is -2.42. The van der Waals surface area contributed by atoms with Crippen molar-refractivity contribution in [2.45, 2.75) is 43.4 Å². The van der Waals surface area contributed by atoms with Crippen molar-refractivity contribution in [3.63, 3.8) is 0 Å². The van der Waals surface area contributed by atoms with E-state index in [1.54, 1.807) is 9.47 Å². The average Bonchev–Trinajstić information content (AvgIpc) is 3.77. The summed E-state index contributed by atoms with van der Waals surface area (Å²) in [6.07, 6.45) is 1.18. The standard InChI is InChI=1S/C29H30F2N3O11P/c30-21-10-19-23(33(16-1-2-16)13-20(26(19)36)27(37)38)11-24(21)32-7-5-29(6-8-32,45-46(40,41)42)15-43-25-4-3-17(9-22(25)31)34-12-18(14-35)44-28(34)39/h3-4,9-11,13,16,18,35H,1-2,5-8,12,14-15H2,(H,37,38)(H2,40,41,42)/t18-/m1/s1. The number of benzene rings is 2. The van der Waals surface area contributed by atoms with Crippen molar-refractivity contribution in [2.75, 3.05) is 42.6 Å². The van der Waals surface area contributed by atoms with E-state index in [1.165, 1.54) is 24.4 Å². The highest BCUT2D eigenvalue weighted by atomic mass is 31.2. The van der Waals surface area contributed by atoms with Gasteiger partial charge in [-0.25, -0.2) is 22.9 Å². The number of halogens is 2. The smallest absolute Gasteiger partial charge is 0.470 e. The lowest BCUT2D eigenvalue weighted by Crippen LogP contribution is -2.49. The Morgan fingerprint density at radius 2 is 1.80 bits per heavy atom. The Morgan fingerprint density at radius 3 is 2.39 bits per heavy atom. The second-order valence-electron chi connectivity index (χ2n) is 11.6. The number of rotatable bonds is 10. The number of phosphoric acid groups is 1. The van der Waals surface area contributed by atoms with E-state index in [1.807, 2.05) is 0 Å². The van der Waals surface area contributed by atoms with E-state index in [9.17, 15) is 38.9 Å². The largest absolute Gasteiger partial charge is 0.487 e. The van der Waals surface area contributed by atoms with E-state index in [0.717, 1.165) is 29.9 Å². The van der Waals surface area contributed by atoms with Gasteiger partial charge in [-0.3, -0.25) is 14.2 Å². The van der Waals surface area contributed by atoms with Gasteiger partial charge >= 0.3 is 19.9 Å². The van der Waals surface area contributed by atoms with Crippen LogP contribution in [-0.4, -0.2) is 81.2 Å². The topological polar surface area (TPSA) is 188 Å². The Bertz CT molecular complexity index is 1820. The number of fused-ring (bicyclic) bond motifs is 1. The number of aliphatic hydroxyl groups excluding tert-OH is 1. The van der Waals surface area contributed by atoms with Gasteiger partial charge in [-0.15, -0.1) is 0 Å². The quantitative estimate of drug-likeness (QED) is 0.232. The molecule has 0 spiro atoms. The highest BCUT2D eigenvalue weighted by Crippen LogP contribution is 2.46. The fourth-order valence-corrected chi connectivity index (χ4v) is 6.63. The summed E-state index contributed by atoms with van der Waals surface area (Å²) >= 11 is 0. The number of aliphatic hydroxyl groups is 1. The molecule has 17 heteroatoms. The van der Waals surface area contributed by atoms with Crippen LogP contribution in [0.2, 0.25) is 0 Å². The maximum absolute atomic E-state index is 15.4. The lowest BCUT2D eigenvalue weighted by molar-refractivity contribution is -0.0232. The first-order valence-electron chi connectivity index (χ1n) is 14.4. The molecule has 1 atom stereocenters. The van der Waals surface area contributed by atoms with Gasteiger partial charge in [0.15, 0.2) is 11.6 Å². The number of ether oxygens (including phenoxy) is 2. The molecule has 46 heavy (non-hydrogen) atoms. The molecule has 3 aliphatic rings. The van der Waals surface area contributed by atoms with Crippen LogP contribution in [0, 0.1) is 11.6 Å². The molecule has 6 rings (SSSR count). The number of amides is 1. The summed E-state index contributed by atoms with van der Waals surface area (Å²) in [5.74, 6) is -3.32. The van der Waals surface area contributed by atoms with Crippen LogP contribution in [-0.2, 0) is 13.8 Å².